The lowest BCUT2D eigenvalue weighted by molar-refractivity contribution is -0.159. The lowest BCUT2D eigenvalue weighted by Gasteiger charge is -2.46. The Hall–Kier alpha value is -3.75. The Morgan fingerprint density at radius 3 is 2.18 bits per heavy atom. The third-order valence-electron chi connectivity index (χ3n) is 7.31. The summed E-state index contributed by atoms with van der Waals surface area (Å²) >= 11 is 6.07. The number of fused-ring (bicyclic) bond motifs is 2. The van der Waals surface area contributed by atoms with Crippen LogP contribution in [0.1, 0.15) is 46.0 Å². The molecule has 2 bridgehead atoms. The summed E-state index contributed by atoms with van der Waals surface area (Å²) in [7, 11) is 0. The van der Waals surface area contributed by atoms with Gasteiger partial charge in [-0.05, 0) is 47.4 Å². The molecule has 202 valence electrons. The Morgan fingerprint density at radius 2 is 1.54 bits per heavy atom. The molecule has 9 heteroatoms. The number of aromatic nitrogens is 1. The summed E-state index contributed by atoms with van der Waals surface area (Å²) in [6.45, 7) is 5.76. The third-order valence-corrected chi connectivity index (χ3v) is 7.56. The van der Waals surface area contributed by atoms with Crippen molar-refractivity contribution in [3.05, 3.63) is 88.7 Å². The van der Waals surface area contributed by atoms with E-state index < -0.39 is 5.91 Å². The van der Waals surface area contributed by atoms with E-state index in [-0.39, 0.29) is 35.9 Å². The van der Waals surface area contributed by atoms with Gasteiger partial charge in [-0.25, -0.2) is 0 Å². The van der Waals surface area contributed by atoms with Crippen LogP contribution >= 0.6 is 11.6 Å². The maximum absolute atomic E-state index is 13.7. The average Bonchev–Trinajstić information content (AvgIpc) is 2.93. The van der Waals surface area contributed by atoms with Crippen LogP contribution < -0.4 is 5.73 Å². The minimum absolute atomic E-state index is 0.0740. The smallest absolute Gasteiger partial charge is 0.254 e. The van der Waals surface area contributed by atoms with Crippen molar-refractivity contribution in [2.75, 3.05) is 26.2 Å². The van der Waals surface area contributed by atoms with Crippen molar-refractivity contribution in [2.45, 2.75) is 32.0 Å². The summed E-state index contributed by atoms with van der Waals surface area (Å²) in [5, 5.41) is 0.640. The van der Waals surface area contributed by atoms with Gasteiger partial charge in [-0.1, -0.05) is 49.7 Å². The molecule has 2 aliphatic rings. The highest BCUT2D eigenvalue weighted by atomic mass is 35.5. The van der Waals surface area contributed by atoms with Crippen LogP contribution in [-0.2, 0) is 9.53 Å². The van der Waals surface area contributed by atoms with Crippen LogP contribution in [0.25, 0.3) is 11.1 Å². The molecule has 2 aromatic carbocycles. The molecule has 0 aliphatic carbocycles. The SMILES string of the molecule is CC(C)[C@@H](C(=O)N1CC2CN(C(=O)c3cccc(-c4cncc(C(N)=O)c4)c3)CC(C1)O2)c1ccc(Cl)cc1. The average molecular weight is 547 g/mol. The summed E-state index contributed by atoms with van der Waals surface area (Å²) < 4.78 is 6.15. The molecule has 8 nitrogen and oxygen atoms in total. The predicted molar refractivity (Wildman–Crippen MR) is 148 cm³/mol. The van der Waals surface area contributed by atoms with E-state index in [4.69, 9.17) is 22.1 Å². The van der Waals surface area contributed by atoms with Gasteiger partial charge in [0, 0.05) is 54.7 Å². The van der Waals surface area contributed by atoms with E-state index in [0.29, 0.717) is 47.9 Å². The van der Waals surface area contributed by atoms with Crippen molar-refractivity contribution in [3.63, 3.8) is 0 Å². The molecule has 39 heavy (non-hydrogen) atoms. The van der Waals surface area contributed by atoms with Gasteiger partial charge in [0.15, 0.2) is 0 Å². The molecule has 2 unspecified atom stereocenters. The van der Waals surface area contributed by atoms with Gasteiger partial charge in [0.05, 0.1) is 23.7 Å². The molecule has 2 aliphatic heterocycles. The normalized spacial score (nSPS) is 19.6. The third kappa shape index (κ3) is 5.82. The highest BCUT2D eigenvalue weighted by Gasteiger charge is 2.40. The van der Waals surface area contributed by atoms with Gasteiger partial charge >= 0.3 is 0 Å². The number of carbonyl (C=O) groups is 3. The second kappa shape index (κ2) is 11.2. The quantitative estimate of drug-likeness (QED) is 0.503. The number of morpholine rings is 2. The lowest BCUT2D eigenvalue weighted by Crippen LogP contribution is -2.62. The van der Waals surface area contributed by atoms with Crippen LogP contribution in [0.3, 0.4) is 0 Å². The van der Waals surface area contributed by atoms with Crippen LogP contribution in [0.5, 0.6) is 0 Å². The van der Waals surface area contributed by atoms with Crippen LogP contribution in [0.4, 0.5) is 0 Å². The molecule has 3 atom stereocenters. The van der Waals surface area contributed by atoms with E-state index in [1.165, 1.54) is 6.20 Å². The molecule has 3 amide bonds. The van der Waals surface area contributed by atoms with Gasteiger partial charge < -0.3 is 20.3 Å². The molecule has 5 rings (SSSR count). The van der Waals surface area contributed by atoms with Gasteiger partial charge in [0.2, 0.25) is 11.8 Å². The first-order valence-electron chi connectivity index (χ1n) is 13.0. The first kappa shape index (κ1) is 26.8. The van der Waals surface area contributed by atoms with Gasteiger partial charge in [-0.15, -0.1) is 0 Å². The van der Waals surface area contributed by atoms with Crippen molar-refractivity contribution in [1.29, 1.82) is 0 Å². The highest BCUT2D eigenvalue weighted by Crippen LogP contribution is 2.31. The number of hydrogen-bond donors (Lipinski definition) is 1. The minimum atomic E-state index is -0.558. The molecule has 3 aromatic rings. The van der Waals surface area contributed by atoms with E-state index in [1.54, 1.807) is 29.3 Å². The zero-order chi connectivity index (χ0) is 27.7. The van der Waals surface area contributed by atoms with E-state index >= 15 is 0 Å². The fourth-order valence-electron chi connectivity index (χ4n) is 5.46. The number of primary amides is 1. The Morgan fingerprint density at radius 1 is 0.897 bits per heavy atom. The number of nitrogens with two attached hydrogens (primary N) is 1. The molecular formula is C30H31ClN4O4. The van der Waals surface area contributed by atoms with E-state index in [0.717, 1.165) is 11.1 Å². The topological polar surface area (TPSA) is 106 Å². The van der Waals surface area contributed by atoms with Crippen molar-refractivity contribution < 1.29 is 19.1 Å². The summed E-state index contributed by atoms with van der Waals surface area (Å²) in [5.41, 5.74) is 8.65. The Bertz CT molecular complexity index is 1380. The number of halogens is 1. The van der Waals surface area contributed by atoms with Gasteiger partial charge in [0.25, 0.3) is 5.91 Å². The summed E-state index contributed by atoms with van der Waals surface area (Å²) in [4.78, 5) is 46.5. The molecule has 2 fully saturated rings. The first-order valence-corrected chi connectivity index (χ1v) is 13.4. The van der Waals surface area contributed by atoms with Gasteiger partial charge in [0.1, 0.15) is 0 Å². The fourth-order valence-corrected chi connectivity index (χ4v) is 5.59. The fraction of sp³-hybridized carbons (Fsp3) is 0.333. The Balaban J connectivity index is 1.29. The van der Waals surface area contributed by atoms with Gasteiger partial charge in [-0.3, -0.25) is 19.4 Å². The van der Waals surface area contributed by atoms with Crippen LogP contribution in [0.2, 0.25) is 5.02 Å². The number of ether oxygens (including phenoxy) is 1. The monoisotopic (exact) mass is 546 g/mol. The van der Waals surface area contributed by atoms with Crippen LogP contribution in [-0.4, -0.2) is 70.9 Å². The Kier molecular flexibility index (Phi) is 7.68. The highest BCUT2D eigenvalue weighted by molar-refractivity contribution is 6.30. The lowest BCUT2D eigenvalue weighted by atomic mass is 9.86. The van der Waals surface area contributed by atoms with E-state index in [2.05, 4.69) is 4.98 Å². The molecule has 0 radical (unpaired) electrons. The van der Waals surface area contributed by atoms with Crippen LogP contribution in [0, 0.1) is 5.92 Å². The zero-order valence-corrected chi connectivity index (χ0v) is 22.7. The maximum Gasteiger partial charge on any atom is 0.254 e. The molecular weight excluding hydrogens is 516 g/mol. The zero-order valence-electron chi connectivity index (χ0n) is 21.9. The number of carbonyl (C=O) groups excluding carboxylic acids is 3. The number of nitrogens with zero attached hydrogens (tertiary/aromatic N) is 3. The van der Waals surface area contributed by atoms with Crippen molar-refractivity contribution in [1.82, 2.24) is 14.8 Å². The maximum atomic E-state index is 13.7. The molecule has 2 N–H and O–H groups in total. The standard InChI is InChI=1S/C30H31ClN4O4/c1-18(2)27(19-6-8-24(31)9-7-19)30(38)35-16-25-14-34(15-26(17-35)39-25)29(37)21-5-3-4-20(10-21)22-11-23(28(32)36)13-33-12-22/h3-13,18,25-27H,14-17H2,1-2H3,(H2,32,36)/t25?,26?,27-/m1/s1. The second-order valence-electron chi connectivity index (χ2n) is 10.5. The number of hydrogen-bond acceptors (Lipinski definition) is 5. The molecule has 2 saturated heterocycles. The Labute approximate surface area is 232 Å². The van der Waals surface area contributed by atoms with Gasteiger partial charge in [-0.2, -0.15) is 0 Å². The summed E-state index contributed by atoms with van der Waals surface area (Å²) in [5.74, 6) is -0.744. The van der Waals surface area contributed by atoms with E-state index in [1.807, 2.05) is 55.1 Å². The van der Waals surface area contributed by atoms with Crippen molar-refractivity contribution >= 4 is 29.3 Å². The number of benzene rings is 2. The van der Waals surface area contributed by atoms with Crippen molar-refractivity contribution in [3.8, 4) is 11.1 Å². The number of pyridine rings is 1. The predicted octanol–water partition coefficient (Wildman–Crippen LogP) is 3.99. The second-order valence-corrected chi connectivity index (χ2v) is 11.0. The van der Waals surface area contributed by atoms with Crippen LogP contribution in [0.15, 0.2) is 67.0 Å². The molecule has 1 aromatic heterocycles. The first-order chi connectivity index (χ1) is 18.7. The molecule has 0 saturated carbocycles. The van der Waals surface area contributed by atoms with E-state index in [9.17, 15) is 14.4 Å². The summed E-state index contributed by atoms with van der Waals surface area (Å²) in [6, 6.07) is 16.4. The summed E-state index contributed by atoms with van der Waals surface area (Å²) in [6.07, 6.45) is 2.53. The molecule has 3 heterocycles. The minimum Gasteiger partial charge on any atom is -0.368 e. The largest absolute Gasteiger partial charge is 0.368 e. The number of amides is 3. The number of rotatable bonds is 6. The van der Waals surface area contributed by atoms with Crippen molar-refractivity contribution in [2.24, 2.45) is 11.7 Å². The molecule has 0 spiro atoms.